The van der Waals surface area contributed by atoms with Crippen molar-refractivity contribution >= 4 is 17.2 Å². The molecular weight excluding hydrogens is 316 g/mol. The molecule has 4 heteroatoms. The Balaban J connectivity index is 1.81. The highest BCUT2D eigenvalue weighted by molar-refractivity contribution is 7.11. The van der Waals surface area contributed by atoms with E-state index < -0.39 is 0 Å². The highest BCUT2D eigenvalue weighted by Gasteiger charge is 2.22. The van der Waals surface area contributed by atoms with Gasteiger partial charge in [-0.3, -0.25) is 4.79 Å². The number of benzene rings is 2. The van der Waals surface area contributed by atoms with E-state index in [2.05, 4.69) is 17.2 Å². The summed E-state index contributed by atoms with van der Waals surface area (Å²) in [5.41, 5.74) is 3.02. The SMILES string of the molecule is Cc1nc(CNC(=O)C(c2ccccc2)c2ccccc2)sc1C. The number of hydrogen-bond donors (Lipinski definition) is 1. The van der Waals surface area contributed by atoms with E-state index in [0.29, 0.717) is 6.54 Å². The first-order valence-electron chi connectivity index (χ1n) is 7.95. The maximum atomic E-state index is 12.9. The summed E-state index contributed by atoms with van der Waals surface area (Å²) in [4.78, 5) is 18.6. The molecule has 24 heavy (non-hydrogen) atoms. The molecule has 0 aliphatic carbocycles. The molecule has 0 aliphatic rings. The van der Waals surface area contributed by atoms with Crippen LogP contribution in [0.25, 0.3) is 0 Å². The predicted molar refractivity (Wildman–Crippen MR) is 98.2 cm³/mol. The highest BCUT2D eigenvalue weighted by Crippen LogP contribution is 2.25. The maximum Gasteiger partial charge on any atom is 0.232 e. The topological polar surface area (TPSA) is 42.0 Å². The molecule has 0 bridgehead atoms. The van der Waals surface area contributed by atoms with Crippen LogP contribution in [0.2, 0.25) is 0 Å². The van der Waals surface area contributed by atoms with Crippen LogP contribution in [0.1, 0.15) is 32.6 Å². The van der Waals surface area contributed by atoms with Crippen molar-refractivity contribution < 1.29 is 4.79 Å². The minimum absolute atomic E-state index is 0.00194. The van der Waals surface area contributed by atoms with Gasteiger partial charge < -0.3 is 5.32 Å². The van der Waals surface area contributed by atoms with Gasteiger partial charge in [-0.15, -0.1) is 11.3 Å². The number of nitrogens with zero attached hydrogens (tertiary/aromatic N) is 1. The van der Waals surface area contributed by atoms with Crippen LogP contribution in [0.4, 0.5) is 0 Å². The number of amides is 1. The van der Waals surface area contributed by atoms with E-state index in [1.54, 1.807) is 11.3 Å². The van der Waals surface area contributed by atoms with Gasteiger partial charge in [0.1, 0.15) is 5.01 Å². The van der Waals surface area contributed by atoms with Gasteiger partial charge in [0.25, 0.3) is 0 Å². The lowest BCUT2D eigenvalue weighted by Gasteiger charge is -2.17. The second kappa shape index (κ2) is 7.41. The fourth-order valence-electron chi connectivity index (χ4n) is 2.67. The lowest BCUT2D eigenvalue weighted by molar-refractivity contribution is -0.121. The Bertz CT molecular complexity index is 753. The predicted octanol–water partition coefficient (Wildman–Crippen LogP) is 4.21. The number of rotatable bonds is 5. The van der Waals surface area contributed by atoms with Crippen molar-refractivity contribution in [2.45, 2.75) is 26.3 Å². The Morgan fingerprint density at radius 3 is 2.00 bits per heavy atom. The van der Waals surface area contributed by atoms with Crippen LogP contribution in [0.3, 0.4) is 0 Å². The molecule has 1 N–H and O–H groups in total. The molecule has 0 saturated heterocycles. The highest BCUT2D eigenvalue weighted by atomic mass is 32.1. The first kappa shape index (κ1) is 16.4. The van der Waals surface area contributed by atoms with E-state index in [4.69, 9.17) is 0 Å². The molecule has 0 atom stereocenters. The summed E-state index contributed by atoms with van der Waals surface area (Å²) in [7, 11) is 0. The zero-order valence-electron chi connectivity index (χ0n) is 13.8. The number of aryl methyl sites for hydroxylation is 2. The molecule has 0 saturated carbocycles. The number of hydrogen-bond acceptors (Lipinski definition) is 3. The summed E-state index contributed by atoms with van der Waals surface area (Å²) in [6, 6.07) is 19.8. The molecule has 1 aromatic heterocycles. The summed E-state index contributed by atoms with van der Waals surface area (Å²) in [5, 5.41) is 3.99. The number of carbonyl (C=O) groups excluding carboxylic acids is 1. The summed E-state index contributed by atoms with van der Waals surface area (Å²) in [5.74, 6) is -0.313. The van der Waals surface area contributed by atoms with Gasteiger partial charge in [0.05, 0.1) is 18.2 Å². The molecule has 3 rings (SSSR count). The maximum absolute atomic E-state index is 12.9. The summed E-state index contributed by atoms with van der Waals surface area (Å²) in [6.07, 6.45) is 0. The minimum atomic E-state index is -0.311. The number of nitrogens with one attached hydrogen (secondary N) is 1. The van der Waals surface area contributed by atoms with Gasteiger partial charge in [0, 0.05) is 4.88 Å². The lowest BCUT2D eigenvalue weighted by atomic mass is 9.90. The molecule has 0 fully saturated rings. The van der Waals surface area contributed by atoms with Gasteiger partial charge in [-0.05, 0) is 25.0 Å². The molecule has 3 aromatic rings. The largest absolute Gasteiger partial charge is 0.349 e. The third-order valence-electron chi connectivity index (χ3n) is 4.01. The summed E-state index contributed by atoms with van der Waals surface area (Å²) >= 11 is 1.63. The van der Waals surface area contributed by atoms with Gasteiger partial charge >= 0.3 is 0 Å². The zero-order valence-corrected chi connectivity index (χ0v) is 14.6. The van der Waals surface area contributed by atoms with Gasteiger partial charge in [-0.25, -0.2) is 4.98 Å². The van der Waals surface area contributed by atoms with E-state index in [1.165, 1.54) is 4.88 Å². The summed E-state index contributed by atoms with van der Waals surface area (Å²) < 4.78 is 0. The minimum Gasteiger partial charge on any atom is -0.349 e. The second-order valence-corrected chi connectivity index (χ2v) is 7.01. The van der Waals surface area contributed by atoms with Crippen LogP contribution in [-0.2, 0) is 11.3 Å². The van der Waals surface area contributed by atoms with Crippen molar-refractivity contribution in [1.82, 2.24) is 10.3 Å². The van der Waals surface area contributed by atoms with Crippen molar-refractivity contribution in [3.05, 3.63) is 87.4 Å². The fourth-order valence-corrected chi connectivity index (χ4v) is 3.54. The second-order valence-electron chi connectivity index (χ2n) is 5.72. The molecule has 0 radical (unpaired) electrons. The van der Waals surface area contributed by atoms with Gasteiger partial charge in [-0.1, -0.05) is 60.7 Å². The van der Waals surface area contributed by atoms with Crippen LogP contribution in [-0.4, -0.2) is 10.9 Å². The third kappa shape index (κ3) is 3.71. The Labute approximate surface area is 146 Å². The molecule has 3 nitrogen and oxygen atoms in total. The first-order valence-corrected chi connectivity index (χ1v) is 8.77. The standard InChI is InChI=1S/C20H20N2OS/c1-14-15(2)24-18(22-14)13-21-20(23)19(16-9-5-3-6-10-16)17-11-7-4-8-12-17/h3-12,19H,13H2,1-2H3,(H,21,23). The normalized spacial score (nSPS) is 10.8. The van der Waals surface area contributed by atoms with Crippen molar-refractivity contribution in [2.75, 3.05) is 0 Å². The molecule has 0 unspecified atom stereocenters. The Morgan fingerprint density at radius 2 is 1.54 bits per heavy atom. The van der Waals surface area contributed by atoms with Crippen molar-refractivity contribution in [3.63, 3.8) is 0 Å². The zero-order chi connectivity index (χ0) is 16.9. The molecule has 1 amide bonds. The van der Waals surface area contributed by atoms with E-state index in [1.807, 2.05) is 67.6 Å². The fraction of sp³-hybridized carbons (Fsp3) is 0.200. The van der Waals surface area contributed by atoms with Crippen LogP contribution in [0, 0.1) is 13.8 Å². The van der Waals surface area contributed by atoms with Gasteiger partial charge in [-0.2, -0.15) is 0 Å². The Hall–Kier alpha value is -2.46. The van der Waals surface area contributed by atoms with Gasteiger partial charge in [0.15, 0.2) is 0 Å². The molecule has 0 spiro atoms. The molecule has 0 aliphatic heterocycles. The third-order valence-corrected chi connectivity index (χ3v) is 5.09. The molecular formula is C20H20N2OS. The van der Waals surface area contributed by atoms with E-state index in [-0.39, 0.29) is 11.8 Å². The van der Waals surface area contributed by atoms with E-state index in [0.717, 1.165) is 21.8 Å². The van der Waals surface area contributed by atoms with Crippen molar-refractivity contribution in [2.24, 2.45) is 0 Å². The quantitative estimate of drug-likeness (QED) is 0.758. The monoisotopic (exact) mass is 336 g/mol. The van der Waals surface area contributed by atoms with Crippen molar-refractivity contribution in [3.8, 4) is 0 Å². The Morgan fingerprint density at radius 1 is 1.00 bits per heavy atom. The van der Waals surface area contributed by atoms with Gasteiger partial charge in [0.2, 0.25) is 5.91 Å². The van der Waals surface area contributed by atoms with Crippen LogP contribution in [0.15, 0.2) is 60.7 Å². The molecule has 122 valence electrons. The van der Waals surface area contributed by atoms with E-state index >= 15 is 0 Å². The molecule has 2 aromatic carbocycles. The number of aromatic nitrogens is 1. The first-order chi connectivity index (χ1) is 11.6. The number of carbonyl (C=O) groups is 1. The smallest absolute Gasteiger partial charge is 0.232 e. The van der Waals surface area contributed by atoms with Crippen molar-refractivity contribution in [1.29, 1.82) is 0 Å². The molecule has 1 heterocycles. The summed E-state index contributed by atoms with van der Waals surface area (Å²) in [6.45, 7) is 4.51. The average molecular weight is 336 g/mol. The van der Waals surface area contributed by atoms with Crippen LogP contribution < -0.4 is 5.32 Å². The Kier molecular flexibility index (Phi) is 5.06. The van der Waals surface area contributed by atoms with Crippen LogP contribution >= 0.6 is 11.3 Å². The van der Waals surface area contributed by atoms with Crippen LogP contribution in [0.5, 0.6) is 0 Å². The average Bonchev–Trinajstić information content (AvgIpc) is 2.93. The lowest BCUT2D eigenvalue weighted by Crippen LogP contribution is -2.29. The van der Waals surface area contributed by atoms with E-state index in [9.17, 15) is 4.79 Å². The number of thiazole rings is 1.